The van der Waals surface area contributed by atoms with Gasteiger partial charge in [-0.1, -0.05) is 0 Å². The Bertz CT molecular complexity index is 463. The van der Waals surface area contributed by atoms with Crippen molar-refractivity contribution in [2.75, 3.05) is 12.4 Å². The molecule has 2 rings (SSSR count). The summed E-state index contributed by atoms with van der Waals surface area (Å²) >= 11 is 0. The maximum absolute atomic E-state index is 13.2. The minimum Gasteiger partial charge on any atom is -0.421 e. The number of ether oxygens (including phenoxy) is 2. The third-order valence-corrected chi connectivity index (χ3v) is 2.12. The fourth-order valence-corrected chi connectivity index (χ4v) is 1.28. The lowest BCUT2D eigenvalue weighted by Crippen LogP contribution is -2.52. The second-order valence-corrected chi connectivity index (χ2v) is 3.27. The van der Waals surface area contributed by atoms with Gasteiger partial charge in [0.2, 0.25) is 0 Å². The summed E-state index contributed by atoms with van der Waals surface area (Å²) in [5.74, 6) is -2.36. The van der Waals surface area contributed by atoms with Gasteiger partial charge in [0.15, 0.2) is 11.5 Å². The lowest BCUT2D eigenvalue weighted by Gasteiger charge is -2.32. The monoisotopic (exact) mass is 255 g/mol. The average molecular weight is 255 g/mol. The Balaban J connectivity index is 2.50. The molecule has 3 nitrogen and oxygen atoms in total. The molecule has 0 aromatic heterocycles. The van der Waals surface area contributed by atoms with E-state index < -0.39 is 29.5 Å². The predicted molar refractivity (Wildman–Crippen MR) is 47.1 cm³/mol. The third kappa shape index (κ3) is 1.73. The van der Waals surface area contributed by atoms with Gasteiger partial charge in [-0.2, -0.15) is 17.6 Å². The van der Waals surface area contributed by atoms with Crippen molar-refractivity contribution in [3.63, 3.8) is 0 Å². The van der Waals surface area contributed by atoms with E-state index in [0.717, 1.165) is 6.07 Å². The average Bonchev–Trinajstić information content (AvgIpc) is 2.19. The van der Waals surface area contributed by atoms with Crippen LogP contribution in [0.2, 0.25) is 0 Å². The number of halogens is 5. The molecule has 0 unspecified atom stereocenters. The SMILES string of the molecule is CNc1cc2c(cc1F)OC(F)(F)C(F)(F)O2. The molecule has 1 heterocycles. The Morgan fingerprint density at radius 3 is 1.94 bits per heavy atom. The molecule has 1 aliphatic rings. The molecule has 1 N–H and O–H groups in total. The zero-order chi connectivity index (χ0) is 12.8. The number of alkyl halides is 4. The molecule has 0 bridgehead atoms. The van der Waals surface area contributed by atoms with Gasteiger partial charge < -0.3 is 14.8 Å². The number of nitrogens with one attached hydrogen (secondary N) is 1. The molecule has 1 aromatic rings. The molecule has 8 heteroatoms. The fourth-order valence-electron chi connectivity index (χ4n) is 1.28. The molecule has 1 aliphatic heterocycles. The zero-order valence-electron chi connectivity index (χ0n) is 8.36. The van der Waals surface area contributed by atoms with E-state index in [1.807, 2.05) is 0 Å². The van der Waals surface area contributed by atoms with Gasteiger partial charge in [0.05, 0.1) is 5.69 Å². The van der Waals surface area contributed by atoms with Crippen LogP contribution < -0.4 is 14.8 Å². The number of fused-ring (bicyclic) bond motifs is 1. The van der Waals surface area contributed by atoms with E-state index in [1.54, 1.807) is 0 Å². The highest BCUT2D eigenvalue weighted by molar-refractivity contribution is 5.56. The van der Waals surface area contributed by atoms with Crippen LogP contribution in [0.25, 0.3) is 0 Å². The quantitative estimate of drug-likeness (QED) is 0.783. The van der Waals surface area contributed by atoms with Crippen molar-refractivity contribution in [2.24, 2.45) is 0 Å². The van der Waals surface area contributed by atoms with Crippen molar-refractivity contribution in [3.05, 3.63) is 17.9 Å². The summed E-state index contributed by atoms with van der Waals surface area (Å²) in [7, 11) is 1.33. The Hall–Kier alpha value is -1.73. The van der Waals surface area contributed by atoms with Gasteiger partial charge in [0.1, 0.15) is 5.82 Å². The first-order valence-electron chi connectivity index (χ1n) is 4.42. The smallest absolute Gasteiger partial charge is 0.421 e. The van der Waals surface area contributed by atoms with Gasteiger partial charge in [0.25, 0.3) is 0 Å². The minimum atomic E-state index is -4.84. The number of rotatable bonds is 1. The summed E-state index contributed by atoms with van der Waals surface area (Å²) in [6, 6.07) is 1.36. The van der Waals surface area contributed by atoms with Crippen molar-refractivity contribution in [2.45, 2.75) is 12.2 Å². The van der Waals surface area contributed by atoms with Gasteiger partial charge in [0, 0.05) is 19.2 Å². The fraction of sp³-hybridized carbons (Fsp3) is 0.333. The molecule has 0 aliphatic carbocycles. The Kier molecular flexibility index (Phi) is 2.33. The van der Waals surface area contributed by atoms with Gasteiger partial charge in [-0.05, 0) is 0 Å². The molecule has 0 spiro atoms. The molecule has 17 heavy (non-hydrogen) atoms. The number of benzene rings is 1. The molecule has 0 saturated carbocycles. The van der Waals surface area contributed by atoms with E-state index in [0.29, 0.717) is 6.07 Å². The van der Waals surface area contributed by atoms with Gasteiger partial charge in [-0.25, -0.2) is 4.39 Å². The van der Waals surface area contributed by atoms with Crippen LogP contribution in [-0.2, 0) is 0 Å². The molecular formula is C9H6F5NO2. The third-order valence-electron chi connectivity index (χ3n) is 2.12. The molecule has 0 saturated heterocycles. The Labute approximate surface area is 92.1 Å². The predicted octanol–water partition coefficient (Wildman–Crippen LogP) is 2.82. The van der Waals surface area contributed by atoms with E-state index in [1.165, 1.54) is 7.05 Å². The van der Waals surface area contributed by atoms with Crippen LogP contribution in [-0.4, -0.2) is 19.3 Å². The summed E-state index contributed by atoms with van der Waals surface area (Å²) in [5, 5.41) is 2.35. The van der Waals surface area contributed by atoms with E-state index in [-0.39, 0.29) is 5.69 Å². The van der Waals surface area contributed by atoms with E-state index >= 15 is 0 Å². The topological polar surface area (TPSA) is 30.5 Å². The summed E-state index contributed by atoms with van der Waals surface area (Å²) in [6.07, 6.45) is -9.64. The van der Waals surface area contributed by atoms with E-state index in [2.05, 4.69) is 14.8 Å². The first-order chi connectivity index (χ1) is 7.77. The normalized spacial score (nSPS) is 19.9. The number of hydrogen-bond donors (Lipinski definition) is 1. The molecule has 0 amide bonds. The summed E-state index contributed by atoms with van der Waals surface area (Å²) in [5.41, 5.74) is -0.173. The van der Waals surface area contributed by atoms with Gasteiger partial charge >= 0.3 is 12.2 Å². The van der Waals surface area contributed by atoms with Crippen molar-refractivity contribution in [1.29, 1.82) is 0 Å². The second kappa shape index (κ2) is 3.38. The maximum atomic E-state index is 13.2. The maximum Gasteiger partial charge on any atom is 0.507 e. The molecule has 1 aromatic carbocycles. The summed E-state index contributed by atoms with van der Waals surface area (Å²) in [4.78, 5) is 0. The summed E-state index contributed by atoms with van der Waals surface area (Å²) < 4.78 is 71.8. The van der Waals surface area contributed by atoms with Crippen LogP contribution in [0.3, 0.4) is 0 Å². The first-order valence-corrected chi connectivity index (χ1v) is 4.42. The van der Waals surface area contributed by atoms with Crippen LogP contribution in [0.5, 0.6) is 11.5 Å². The van der Waals surface area contributed by atoms with Crippen LogP contribution in [0.4, 0.5) is 27.6 Å². The molecule has 0 atom stereocenters. The van der Waals surface area contributed by atoms with Crippen molar-refractivity contribution in [1.82, 2.24) is 0 Å². The van der Waals surface area contributed by atoms with Crippen molar-refractivity contribution < 1.29 is 31.4 Å². The van der Waals surface area contributed by atoms with E-state index in [4.69, 9.17) is 0 Å². The highest BCUT2D eigenvalue weighted by Crippen LogP contribution is 2.48. The van der Waals surface area contributed by atoms with Crippen LogP contribution in [0.1, 0.15) is 0 Å². The number of hydrogen-bond acceptors (Lipinski definition) is 3. The largest absolute Gasteiger partial charge is 0.507 e. The standard InChI is InChI=1S/C9H6F5NO2/c1-15-5-3-7-6(2-4(5)10)16-8(11,12)9(13,14)17-7/h2-3,15H,1H3. The minimum absolute atomic E-state index is 0.173. The van der Waals surface area contributed by atoms with Crippen LogP contribution in [0.15, 0.2) is 12.1 Å². The van der Waals surface area contributed by atoms with Gasteiger partial charge in [-0.15, -0.1) is 0 Å². The molecular weight excluding hydrogens is 249 g/mol. The van der Waals surface area contributed by atoms with Crippen molar-refractivity contribution >= 4 is 5.69 Å². The summed E-state index contributed by atoms with van der Waals surface area (Å²) in [6.45, 7) is 0. The lowest BCUT2D eigenvalue weighted by molar-refractivity contribution is -0.391. The molecule has 0 fully saturated rings. The zero-order valence-corrected chi connectivity index (χ0v) is 8.36. The van der Waals surface area contributed by atoms with Crippen LogP contribution in [0, 0.1) is 5.82 Å². The highest BCUT2D eigenvalue weighted by Gasteiger charge is 2.66. The Morgan fingerprint density at radius 2 is 1.47 bits per heavy atom. The Morgan fingerprint density at radius 1 is 1.00 bits per heavy atom. The lowest BCUT2D eigenvalue weighted by atomic mass is 10.2. The molecule has 94 valence electrons. The second-order valence-electron chi connectivity index (χ2n) is 3.27. The number of anilines is 1. The first kappa shape index (κ1) is 11.7. The van der Waals surface area contributed by atoms with Crippen LogP contribution >= 0.6 is 0 Å². The highest BCUT2D eigenvalue weighted by atomic mass is 19.3. The van der Waals surface area contributed by atoms with E-state index in [9.17, 15) is 22.0 Å². The van der Waals surface area contributed by atoms with Crippen molar-refractivity contribution in [3.8, 4) is 11.5 Å². The van der Waals surface area contributed by atoms with Gasteiger partial charge in [-0.3, -0.25) is 0 Å². The molecule has 0 radical (unpaired) electrons.